The van der Waals surface area contributed by atoms with Gasteiger partial charge < -0.3 is 5.32 Å². The van der Waals surface area contributed by atoms with Gasteiger partial charge in [0.15, 0.2) is 0 Å². The molecule has 0 aliphatic heterocycles. The molecule has 0 bridgehead atoms. The van der Waals surface area contributed by atoms with Crippen molar-refractivity contribution in [2.75, 3.05) is 6.54 Å². The molecule has 0 aromatic carbocycles. The van der Waals surface area contributed by atoms with Crippen LogP contribution >= 0.6 is 0 Å². The van der Waals surface area contributed by atoms with E-state index in [0.29, 0.717) is 6.04 Å². The van der Waals surface area contributed by atoms with E-state index in [0.717, 1.165) is 24.3 Å². The molecule has 0 amide bonds. The van der Waals surface area contributed by atoms with E-state index in [-0.39, 0.29) is 0 Å². The lowest BCUT2D eigenvalue weighted by Gasteiger charge is -2.36. The van der Waals surface area contributed by atoms with Crippen molar-refractivity contribution in [3.05, 3.63) is 29.6 Å². The van der Waals surface area contributed by atoms with E-state index in [4.69, 9.17) is 0 Å². The van der Waals surface area contributed by atoms with Crippen molar-refractivity contribution in [1.29, 1.82) is 0 Å². The molecular weight excluding hydrogens is 232 g/mol. The topological polar surface area (TPSA) is 24.9 Å². The van der Waals surface area contributed by atoms with E-state index >= 15 is 0 Å². The third-order valence-corrected chi connectivity index (χ3v) is 4.37. The minimum Gasteiger partial charge on any atom is -0.309 e. The second-order valence-corrected chi connectivity index (χ2v) is 6.47. The monoisotopic (exact) mass is 260 g/mol. The number of aromatic nitrogens is 1. The van der Waals surface area contributed by atoms with E-state index in [2.05, 4.69) is 50.1 Å². The Bertz CT molecular complexity index is 392. The number of pyridine rings is 1. The fourth-order valence-electron chi connectivity index (χ4n) is 3.74. The van der Waals surface area contributed by atoms with E-state index in [9.17, 15) is 0 Å². The van der Waals surface area contributed by atoms with Gasteiger partial charge >= 0.3 is 0 Å². The molecule has 1 N–H and O–H groups in total. The lowest BCUT2D eigenvalue weighted by Crippen LogP contribution is -2.33. The van der Waals surface area contributed by atoms with Gasteiger partial charge in [-0.2, -0.15) is 0 Å². The summed E-state index contributed by atoms with van der Waals surface area (Å²) in [6.07, 6.45) is 6.00. The molecule has 0 saturated heterocycles. The van der Waals surface area contributed by atoms with Crippen molar-refractivity contribution in [2.45, 2.75) is 53.0 Å². The summed E-state index contributed by atoms with van der Waals surface area (Å²) in [5.74, 6) is 2.42. The highest BCUT2D eigenvalue weighted by molar-refractivity contribution is 5.18. The van der Waals surface area contributed by atoms with Crippen LogP contribution in [-0.2, 0) is 0 Å². The molecule has 1 saturated carbocycles. The zero-order valence-electron chi connectivity index (χ0n) is 12.8. The molecule has 0 spiro atoms. The molecule has 0 radical (unpaired) electrons. The molecule has 3 atom stereocenters. The van der Waals surface area contributed by atoms with Gasteiger partial charge in [-0.3, -0.25) is 4.98 Å². The van der Waals surface area contributed by atoms with Crippen molar-refractivity contribution in [2.24, 2.45) is 17.8 Å². The minimum atomic E-state index is 0.426. The molecule has 1 aromatic rings. The first-order valence-corrected chi connectivity index (χ1v) is 7.76. The standard InChI is InChI=1S/C17H28N2/c1-5-18-17(16-11-12(2)6-7-19-16)15-9-13(3)8-14(4)10-15/h6-7,11,13-15,17-18H,5,8-10H2,1-4H3. The highest BCUT2D eigenvalue weighted by atomic mass is 14.9. The Labute approximate surface area is 118 Å². The van der Waals surface area contributed by atoms with E-state index in [1.54, 1.807) is 0 Å². The van der Waals surface area contributed by atoms with Crippen LogP contribution in [0.25, 0.3) is 0 Å². The average molecular weight is 260 g/mol. The normalized spacial score (nSPS) is 29.2. The van der Waals surface area contributed by atoms with E-state index < -0.39 is 0 Å². The maximum absolute atomic E-state index is 4.62. The van der Waals surface area contributed by atoms with Gasteiger partial charge in [0.1, 0.15) is 0 Å². The number of rotatable bonds is 4. The number of nitrogens with zero attached hydrogens (tertiary/aromatic N) is 1. The Kier molecular flexibility index (Phi) is 4.98. The van der Waals surface area contributed by atoms with Crippen LogP contribution in [0.4, 0.5) is 0 Å². The van der Waals surface area contributed by atoms with Gasteiger partial charge in [0.05, 0.1) is 11.7 Å². The smallest absolute Gasteiger partial charge is 0.0578 e. The van der Waals surface area contributed by atoms with Gasteiger partial charge in [-0.25, -0.2) is 0 Å². The summed E-state index contributed by atoms with van der Waals surface area (Å²) in [5, 5.41) is 3.67. The first-order chi connectivity index (χ1) is 9.10. The molecule has 19 heavy (non-hydrogen) atoms. The van der Waals surface area contributed by atoms with Gasteiger partial charge in [-0.05, 0) is 68.2 Å². The number of aryl methyl sites for hydroxylation is 1. The molecule has 2 nitrogen and oxygen atoms in total. The van der Waals surface area contributed by atoms with Gasteiger partial charge in [0.25, 0.3) is 0 Å². The summed E-state index contributed by atoms with van der Waals surface area (Å²) >= 11 is 0. The quantitative estimate of drug-likeness (QED) is 0.881. The summed E-state index contributed by atoms with van der Waals surface area (Å²) < 4.78 is 0. The summed E-state index contributed by atoms with van der Waals surface area (Å²) in [7, 11) is 0. The predicted molar refractivity (Wildman–Crippen MR) is 81.1 cm³/mol. The van der Waals surface area contributed by atoms with Crippen molar-refractivity contribution in [3.8, 4) is 0 Å². The Balaban J connectivity index is 2.19. The summed E-state index contributed by atoms with van der Waals surface area (Å²) in [6, 6.07) is 4.76. The number of hydrogen-bond acceptors (Lipinski definition) is 2. The molecule has 1 aromatic heterocycles. The van der Waals surface area contributed by atoms with Gasteiger partial charge in [-0.1, -0.05) is 20.8 Å². The van der Waals surface area contributed by atoms with Crippen LogP contribution in [0.1, 0.15) is 57.3 Å². The van der Waals surface area contributed by atoms with Crippen LogP contribution in [0.15, 0.2) is 18.3 Å². The van der Waals surface area contributed by atoms with Crippen molar-refractivity contribution < 1.29 is 0 Å². The lowest BCUT2D eigenvalue weighted by atomic mass is 9.73. The minimum absolute atomic E-state index is 0.426. The van der Waals surface area contributed by atoms with Crippen LogP contribution in [-0.4, -0.2) is 11.5 Å². The van der Waals surface area contributed by atoms with Crippen molar-refractivity contribution >= 4 is 0 Å². The molecule has 1 fully saturated rings. The van der Waals surface area contributed by atoms with Crippen LogP contribution in [0.5, 0.6) is 0 Å². The molecule has 1 heterocycles. The molecule has 1 aliphatic rings. The number of nitrogens with one attached hydrogen (secondary N) is 1. The Hall–Kier alpha value is -0.890. The van der Waals surface area contributed by atoms with Gasteiger partial charge in [0.2, 0.25) is 0 Å². The van der Waals surface area contributed by atoms with Gasteiger partial charge in [0, 0.05) is 6.20 Å². The molecule has 2 rings (SSSR count). The maximum atomic E-state index is 4.62. The first-order valence-electron chi connectivity index (χ1n) is 7.76. The predicted octanol–water partition coefficient (Wildman–Crippen LogP) is 4.11. The highest BCUT2D eigenvalue weighted by Gasteiger charge is 2.31. The van der Waals surface area contributed by atoms with Crippen LogP contribution in [0.2, 0.25) is 0 Å². The van der Waals surface area contributed by atoms with Crippen molar-refractivity contribution in [1.82, 2.24) is 10.3 Å². The van der Waals surface area contributed by atoms with Gasteiger partial charge in [-0.15, -0.1) is 0 Å². The van der Waals surface area contributed by atoms with E-state index in [1.165, 1.54) is 30.5 Å². The van der Waals surface area contributed by atoms with E-state index in [1.807, 2.05) is 6.20 Å². The lowest BCUT2D eigenvalue weighted by molar-refractivity contribution is 0.175. The molecule has 106 valence electrons. The first kappa shape index (κ1) is 14.5. The molecular formula is C17H28N2. The largest absolute Gasteiger partial charge is 0.309 e. The fourth-order valence-corrected chi connectivity index (χ4v) is 3.74. The molecule has 1 aliphatic carbocycles. The van der Waals surface area contributed by atoms with Crippen LogP contribution in [0.3, 0.4) is 0 Å². The zero-order chi connectivity index (χ0) is 13.8. The van der Waals surface area contributed by atoms with Crippen LogP contribution in [0, 0.1) is 24.7 Å². The Morgan fingerprint density at radius 3 is 2.53 bits per heavy atom. The summed E-state index contributed by atoms with van der Waals surface area (Å²) in [5.41, 5.74) is 2.54. The van der Waals surface area contributed by atoms with Crippen molar-refractivity contribution in [3.63, 3.8) is 0 Å². The maximum Gasteiger partial charge on any atom is 0.0578 e. The third-order valence-electron chi connectivity index (χ3n) is 4.37. The summed E-state index contributed by atoms with van der Waals surface area (Å²) in [4.78, 5) is 4.62. The zero-order valence-corrected chi connectivity index (χ0v) is 12.8. The second-order valence-electron chi connectivity index (χ2n) is 6.47. The highest BCUT2D eigenvalue weighted by Crippen LogP contribution is 2.39. The summed E-state index contributed by atoms with van der Waals surface area (Å²) in [6.45, 7) is 10.2. The Morgan fingerprint density at radius 2 is 1.95 bits per heavy atom. The SMILES string of the molecule is CCNC(c1cc(C)ccn1)C1CC(C)CC(C)C1. The average Bonchev–Trinajstić information content (AvgIpc) is 2.34. The fraction of sp³-hybridized carbons (Fsp3) is 0.706. The van der Waals surface area contributed by atoms with Crippen LogP contribution < -0.4 is 5.32 Å². The third kappa shape index (κ3) is 3.79. The molecule has 2 heteroatoms. The second kappa shape index (κ2) is 6.51. The number of hydrogen-bond donors (Lipinski definition) is 1. The Morgan fingerprint density at radius 1 is 1.26 bits per heavy atom. The molecule has 3 unspecified atom stereocenters.